The summed E-state index contributed by atoms with van der Waals surface area (Å²) in [6, 6.07) is 5.73. The van der Waals surface area contributed by atoms with E-state index in [9.17, 15) is 9.59 Å². The molecule has 0 unspecified atom stereocenters. The van der Waals surface area contributed by atoms with Crippen molar-refractivity contribution in [2.45, 2.75) is 40.0 Å². The molecule has 0 atom stereocenters. The third kappa shape index (κ3) is 3.38. The second-order valence-corrected chi connectivity index (χ2v) is 6.58. The van der Waals surface area contributed by atoms with Crippen LogP contribution in [0.3, 0.4) is 0 Å². The predicted molar refractivity (Wildman–Crippen MR) is 80.9 cm³/mol. The van der Waals surface area contributed by atoms with Crippen LogP contribution in [0, 0.1) is 5.41 Å². The Balaban J connectivity index is 2.12. The number of nitrogens with zero attached hydrogens (tertiary/aromatic N) is 1. The first-order chi connectivity index (χ1) is 9.26. The fourth-order valence-electron chi connectivity index (χ4n) is 2.42. The second-order valence-electron chi connectivity index (χ2n) is 6.58. The SMILES string of the molecule is CN1C(=O)CCc2cc(NC(=O)CC(C)(C)C)ccc21. The number of fused-ring (bicyclic) bond motifs is 1. The molecule has 1 aromatic rings. The molecule has 0 fully saturated rings. The highest BCUT2D eigenvalue weighted by Gasteiger charge is 2.21. The van der Waals surface area contributed by atoms with Gasteiger partial charge in [0.1, 0.15) is 0 Å². The summed E-state index contributed by atoms with van der Waals surface area (Å²) in [6.45, 7) is 6.13. The number of benzene rings is 1. The van der Waals surface area contributed by atoms with E-state index in [1.54, 1.807) is 11.9 Å². The number of hydrogen-bond donors (Lipinski definition) is 1. The molecule has 108 valence electrons. The number of amides is 2. The quantitative estimate of drug-likeness (QED) is 0.901. The molecule has 1 aliphatic rings. The van der Waals surface area contributed by atoms with Crippen LogP contribution in [-0.4, -0.2) is 18.9 Å². The molecule has 20 heavy (non-hydrogen) atoms. The van der Waals surface area contributed by atoms with Crippen molar-refractivity contribution in [1.82, 2.24) is 0 Å². The summed E-state index contributed by atoms with van der Waals surface area (Å²) in [7, 11) is 1.79. The van der Waals surface area contributed by atoms with Crippen LogP contribution in [0.5, 0.6) is 0 Å². The molecule has 0 aliphatic carbocycles. The smallest absolute Gasteiger partial charge is 0.227 e. The molecule has 2 amide bonds. The number of hydrogen-bond acceptors (Lipinski definition) is 2. The first-order valence-corrected chi connectivity index (χ1v) is 6.95. The molecule has 0 aromatic heterocycles. The minimum Gasteiger partial charge on any atom is -0.326 e. The summed E-state index contributed by atoms with van der Waals surface area (Å²) >= 11 is 0. The van der Waals surface area contributed by atoms with Gasteiger partial charge in [0.25, 0.3) is 0 Å². The lowest BCUT2D eigenvalue weighted by Gasteiger charge is -2.26. The lowest BCUT2D eigenvalue weighted by Crippen LogP contribution is -2.31. The normalized spacial score (nSPS) is 15.0. The first-order valence-electron chi connectivity index (χ1n) is 6.95. The Hall–Kier alpha value is -1.84. The maximum Gasteiger partial charge on any atom is 0.227 e. The summed E-state index contributed by atoms with van der Waals surface area (Å²) < 4.78 is 0. The van der Waals surface area contributed by atoms with Gasteiger partial charge < -0.3 is 10.2 Å². The van der Waals surface area contributed by atoms with E-state index in [2.05, 4.69) is 5.32 Å². The van der Waals surface area contributed by atoms with Crippen molar-refractivity contribution in [3.05, 3.63) is 23.8 Å². The third-order valence-corrected chi connectivity index (χ3v) is 3.40. The minimum atomic E-state index is -0.0229. The Morgan fingerprint density at radius 1 is 1.30 bits per heavy atom. The molecule has 1 heterocycles. The molecule has 2 rings (SSSR count). The zero-order valence-electron chi connectivity index (χ0n) is 12.6. The molecule has 0 radical (unpaired) electrons. The van der Waals surface area contributed by atoms with Crippen molar-refractivity contribution in [2.75, 3.05) is 17.3 Å². The Morgan fingerprint density at radius 2 is 2.00 bits per heavy atom. The number of aryl methyl sites for hydroxylation is 1. The van der Waals surface area contributed by atoms with Crippen LogP contribution in [0.1, 0.15) is 39.2 Å². The van der Waals surface area contributed by atoms with Gasteiger partial charge in [-0.05, 0) is 35.6 Å². The predicted octanol–water partition coefficient (Wildman–Crippen LogP) is 2.97. The standard InChI is InChI=1S/C16H22N2O2/c1-16(2,3)10-14(19)17-12-6-7-13-11(9-12)5-8-15(20)18(13)4/h6-7,9H,5,8,10H2,1-4H3,(H,17,19). The van der Waals surface area contributed by atoms with Crippen molar-refractivity contribution in [2.24, 2.45) is 5.41 Å². The average molecular weight is 274 g/mol. The van der Waals surface area contributed by atoms with Gasteiger partial charge in [0.15, 0.2) is 0 Å². The van der Waals surface area contributed by atoms with E-state index in [0.717, 1.165) is 23.4 Å². The summed E-state index contributed by atoms with van der Waals surface area (Å²) in [4.78, 5) is 25.2. The monoisotopic (exact) mass is 274 g/mol. The van der Waals surface area contributed by atoms with Crippen molar-refractivity contribution >= 4 is 23.2 Å². The lowest BCUT2D eigenvalue weighted by molar-refractivity contribution is -0.119. The van der Waals surface area contributed by atoms with Crippen molar-refractivity contribution < 1.29 is 9.59 Å². The molecule has 1 aliphatic heterocycles. The van der Waals surface area contributed by atoms with Crippen molar-refractivity contribution in [3.8, 4) is 0 Å². The van der Waals surface area contributed by atoms with Gasteiger partial charge in [0.2, 0.25) is 11.8 Å². The number of rotatable bonds is 2. The summed E-state index contributed by atoms with van der Waals surface area (Å²) in [6.07, 6.45) is 1.76. The Morgan fingerprint density at radius 3 is 2.65 bits per heavy atom. The van der Waals surface area contributed by atoms with E-state index in [4.69, 9.17) is 0 Å². The first kappa shape index (κ1) is 14.6. The summed E-state index contributed by atoms with van der Waals surface area (Å²) in [5.74, 6) is 0.166. The largest absolute Gasteiger partial charge is 0.326 e. The Labute approximate surface area is 120 Å². The van der Waals surface area contributed by atoms with Gasteiger partial charge in [0, 0.05) is 31.3 Å². The number of carbonyl (C=O) groups is 2. The maximum absolute atomic E-state index is 11.9. The molecular weight excluding hydrogens is 252 g/mol. The number of nitrogens with one attached hydrogen (secondary N) is 1. The van der Waals surface area contributed by atoms with Gasteiger partial charge in [-0.25, -0.2) is 0 Å². The van der Waals surface area contributed by atoms with E-state index in [1.165, 1.54) is 0 Å². The molecule has 4 heteroatoms. The van der Waals surface area contributed by atoms with Crippen LogP contribution in [-0.2, 0) is 16.0 Å². The molecule has 1 aromatic carbocycles. The fraction of sp³-hybridized carbons (Fsp3) is 0.500. The van der Waals surface area contributed by atoms with Crippen LogP contribution >= 0.6 is 0 Å². The molecular formula is C16H22N2O2. The van der Waals surface area contributed by atoms with Gasteiger partial charge in [-0.2, -0.15) is 0 Å². The Bertz CT molecular complexity index is 544. The number of carbonyl (C=O) groups excluding carboxylic acids is 2. The fourth-order valence-corrected chi connectivity index (χ4v) is 2.42. The third-order valence-electron chi connectivity index (χ3n) is 3.40. The summed E-state index contributed by atoms with van der Waals surface area (Å²) in [5.41, 5.74) is 2.83. The molecule has 0 saturated heterocycles. The van der Waals surface area contributed by atoms with Crippen molar-refractivity contribution in [1.29, 1.82) is 0 Å². The average Bonchev–Trinajstić information content (AvgIpc) is 2.31. The highest BCUT2D eigenvalue weighted by atomic mass is 16.2. The van der Waals surface area contributed by atoms with E-state index in [0.29, 0.717) is 12.8 Å². The minimum absolute atomic E-state index is 0.0229. The topological polar surface area (TPSA) is 49.4 Å². The molecule has 1 N–H and O–H groups in total. The van der Waals surface area contributed by atoms with Crippen LogP contribution in [0.15, 0.2) is 18.2 Å². The van der Waals surface area contributed by atoms with Crippen LogP contribution in [0.25, 0.3) is 0 Å². The maximum atomic E-state index is 11.9. The molecule has 0 saturated carbocycles. The van der Waals surface area contributed by atoms with Gasteiger partial charge in [-0.3, -0.25) is 9.59 Å². The van der Waals surface area contributed by atoms with Gasteiger partial charge in [-0.15, -0.1) is 0 Å². The van der Waals surface area contributed by atoms with E-state index < -0.39 is 0 Å². The van der Waals surface area contributed by atoms with Gasteiger partial charge in [-0.1, -0.05) is 20.8 Å². The zero-order valence-corrected chi connectivity index (χ0v) is 12.6. The Kier molecular flexibility index (Phi) is 3.84. The highest BCUT2D eigenvalue weighted by Crippen LogP contribution is 2.29. The van der Waals surface area contributed by atoms with E-state index in [-0.39, 0.29) is 17.2 Å². The summed E-state index contributed by atoms with van der Waals surface area (Å²) in [5, 5.41) is 2.93. The van der Waals surface area contributed by atoms with Gasteiger partial charge in [0.05, 0.1) is 0 Å². The second kappa shape index (κ2) is 5.27. The number of anilines is 2. The van der Waals surface area contributed by atoms with Crippen molar-refractivity contribution in [3.63, 3.8) is 0 Å². The van der Waals surface area contributed by atoms with Crippen LogP contribution < -0.4 is 10.2 Å². The zero-order chi connectivity index (χ0) is 14.9. The highest BCUT2D eigenvalue weighted by molar-refractivity contribution is 5.97. The van der Waals surface area contributed by atoms with Crippen LogP contribution in [0.4, 0.5) is 11.4 Å². The molecule has 0 bridgehead atoms. The lowest BCUT2D eigenvalue weighted by atomic mass is 9.92. The van der Waals surface area contributed by atoms with Gasteiger partial charge >= 0.3 is 0 Å². The van der Waals surface area contributed by atoms with E-state index >= 15 is 0 Å². The van der Waals surface area contributed by atoms with Crippen LogP contribution in [0.2, 0.25) is 0 Å². The molecule has 4 nitrogen and oxygen atoms in total. The molecule has 0 spiro atoms. The van der Waals surface area contributed by atoms with E-state index in [1.807, 2.05) is 39.0 Å².